The van der Waals surface area contributed by atoms with Crippen LogP contribution >= 0.6 is 11.8 Å². The van der Waals surface area contributed by atoms with Crippen LogP contribution in [0.2, 0.25) is 0 Å². The number of benzene rings is 2. The first-order chi connectivity index (χ1) is 14.4. The predicted molar refractivity (Wildman–Crippen MR) is 122 cm³/mol. The molecule has 0 saturated carbocycles. The van der Waals surface area contributed by atoms with Crippen LogP contribution < -0.4 is 5.32 Å². The van der Waals surface area contributed by atoms with Gasteiger partial charge in [-0.3, -0.25) is 14.5 Å². The van der Waals surface area contributed by atoms with E-state index in [2.05, 4.69) is 5.32 Å². The van der Waals surface area contributed by atoms with E-state index in [9.17, 15) is 9.59 Å². The molecule has 7 heteroatoms. The Morgan fingerprint density at radius 1 is 1.10 bits per heavy atom. The van der Waals surface area contributed by atoms with Crippen LogP contribution in [0.25, 0.3) is 0 Å². The van der Waals surface area contributed by atoms with Gasteiger partial charge in [-0.1, -0.05) is 48.2 Å². The highest BCUT2D eigenvalue weighted by molar-refractivity contribution is 8.15. The maximum Gasteiger partial charge on any atom is 0.242 e. The van der Waals surface area contributed by atoms with Gasteiger partial charge in [0, 0.05) is 19.2 Å². The molecule has 1 N–H and O–H groups in total. The maximum absolute atomic E-state index is 13.0. The fourth-order valence-electron chi connectivity index (χ4n) is 3.28. The smallest absolute Gasteiger partial charge is 0.242 e. The number of amidine groups is 1. The fourth-order valence-corrected chi connectivity index (χ4v) is 4.45. The number of thioether (sulfide) groups is 1. The van der Waals surface area contributed by atoms with Crippen molar-refractivity contribution < 1.29 is 14.3 Å². The standard InChI is InChI=1S/C23H27N3O3S/c1-15-8-5-6-11-18(15)24-23-26(12-13-29-4)22(28)19(30-23)14-20(27)25-21-16(2)9-7-10-17(21)3/h5-11,19H,12-14H2,1-4H3,(H,25,27)/t19-/m0/s1. The van der Waals surface area contributed by atoms with Crippen molar-refractivity contribution in [2.45, 2.75) is 32.4 Å². The zero-order valence-electron chi connectivity index (χ0n) is 17.8. The minimum Gasteiger partial charge on any atom is -0.383 e. The van der Waals surface area contributed by atoms with Gasteiger partial charge in [0.1, 0.15) is 5.25 Å². The van der Waals surface area contributed by atoms with Crippen LogP contribution in [0.1, 0.15) is 23.1 Å². The summed E-state index contributed by atoms with van der Waals surface area (Å²) in [7, 11) is 1.60. The van der Waals surface area contributed by atoms with Crippen molar-refractivity contribution >= 4 is 40.1 Å². The zero-order chi connectivity index (χ0) is 21.7. The van der Waals surface area contributed by atoms with Gasteiger partial charge in [0.2, 0.25) is 11.8 Å². The number of ether oxygens (including phenoxy) is 1. The third-order valence-corrected chi connectivity index (χ3v) is 6.16. The molecule has 3 rings (SSSR count). The lowest BCUT2D eigenvalue weighted by Gasteiger charge is -2.16. The molecule has 2 amide bonds. The average molecular weight is 426 g/mol. The van der Waals surface area contributed by atoms with Gasteiger partial charge < -0.3 is 10.1 Å². The first-order valence-electron chi connectivity index (χ1n) is 9.88. The lowest BCUT2D eigenvalue weighted by molar-refractivity contribution is -0.128. The van der Waals surface area contributed by atoms with Crippen LogP contribution in [0, 0.1) is 20.8 Å². The van der Waals surface area contributed by atoms with Gasteiger partial charge in [-0.2, -0.15) is 0 Å². The Bertz CT molecular complexity index is 954. The van der Waals surface area contributed by atoms with Crippen LogP contribution in [0.5, 0.6) is 0 Å². The number of para-hydroxylation sites is 2. The quantitative estimate of drug-likeness (QED) is 0.721. The third kappa shape index (κ3) is 5.09. The van der Waals surface area contributed by atoms with Gasteiger partial charge in [0.05, 0.1) is 18.8 Å². The second-order valence-electron chi connectivity index (χ2n) is 7.29. The van der Waals surface area contributed by atoms with Crippen LogP contribution in [0.3, 0.4) is 0 Å². The third-order valence-electron chi connectivity index (χ3n) is 4.99. The molecule has 0 unspecified atom stereocenters. The van der Waals surface area contributed by atoms with Crippen molar-refractivity contribution in [2.75, 3.05) is 25.6 Å². The number of nitrogens with one attached hydrogen (secondary N) is 1. The van der Waals surface area contributed by atoms with Crippen molar-refractivity contribution in [3.8, 4) is 0 Å². The van der Waals surface area contributed by atoms with Gasteiger partial charge in [0.25, 0.3) is 0 Å². The molecule has 30 heavy (non-hydrogen) atoms. The van der Waals surface area contributed by atoms with Crippen LogP contribution in [0.15, 0.2) is 47.5 Å². The van der Waals surface area contributed by atoms with Crippen molar-refractivity contribution in [1.82, 2.24) is 4.90 Å². The predicted octanol–water partition coefficient (Wildman–Crippen LogP) is 4.22. The minimum atomic E-state index is -0.506. The number of carbonyl (C=O) groups is 2. The molecule has 1 heterocycles. The molecule has 0 spiro atoms. The molecule has 1 saturated heterocycles. The number of carbonyl (C=O) groups excluding carboxylic acids is 2. The normalized spacial score (nSPS) is 17.6. The van der Waals surface area contributed by atoms with E-state index in [4.69, 9.17) is 9.73 Å². The number of amides is 2. The summed E-state index contributed by atoms with van der Waals surface area (Å²) in [5.41, 5.74) is 4.65. The van der Waals surface area contributed by atoms with E-state index in [0.29, 0.717) is 18.3 Å². The van der Waals surface area contributed by atoms with E-state index in [1.54, 1.807) is 12.0 Å². The van der Waals surface area contributed by atoms with E-state index in [1.807, 2.05) is 63.2 Å². The molecule has 0 aromatic heterocycles. The minimum absolute atomic E-state index is 0.0908. The van der Waals surface area contributed by atoms with Crippen molar-refractivity contribution in [1.29, 1.82) is 0 Å². The molecule has 1 atom stereocenters. The molecular weight excluding hydrogens is 398 g/mol. The Morgan fingerprint density at radius 3 is 2.43 bits per heavy atom. The molecule has 1 fully saturated rings. The molecule has 6 nitrogen and oxygen atoms in total. The monoisotopic (exact) mass is 425 g/mol. The number of aryl methyl sites for hydroxylation is 3. The highest BCUT2D eigenvalue weighted by atomic mass is 32.2. The van der Waals surface area contributed by atoms with Gasteiger partial charge in [-0.15, -0.1) is 0 Å². The van der Waals surface area contributed by atoms with Crippen molar-refractivity contribution in [2.24, 2.45) is 4.99 Å². The summed E-state index contributed by atoms with van der Waals surface area (Å²) < 4.78 is 5.16. The molecule has 158 valence electrons. The number of anilines is 1. The lowest BCUT2D eigenvalue weighted by atomic mass is 10.1. The second-order valence-corrected chi connectivity index (χ2v) is 8.46. The van der Waals surface area contributed by atoms with Gasteiger partial charge in [-0.25, -0.2) is 4.99 Å². The topological polar surface area (TPSA) is 71.0 Å². The van der Waals surface area contributed by atoms with Gasteiger partial charge in [0.15, 0.2) is 5.17 Å². The molecule has 1 aliphatic rings. The summed E-state index contributed by atoms with van der Waals surface area (Å²) in [6.45, 7) is 6.70. The number of nitrogens with zero attached hydrogens (tertiary/aromatic N) is 2. The first-order valence-corrected chi connectivity index (χ1v) is 10.8. The Kier molecular flexibility index (Phi) is 7.29. The summed E-state index contributed by atoms with van der Waals surface area (Å²) in [5, 5.41) is 3.07. The van der Waals surface area contributed by atoms with E-state index >= 15 is 0 Å². The molecule has 0 radical (unpaired) electrons. The fraction of sp³-hybridized carbons (Fsp3) is 0.348. The largest absolute Gasteiger partial charge is 0.383 e. The molecule has 0 aliphatic carbocycles. The van der Waals surface area contributed by atoms with E-state index in [-0.39, 0.29) is 18.2 Å². The average Bonchev–Trinajstić information content (AvgIpc) is 2.99. The SMILES string of the molecule is COCCN1C(=O)[C@H](CC(=O)Nc2c(C)cccc2C)SC1=Nc1ccccc1C. The summed E-state index contributed by atoms with van der Waals surface area (Å²) in [6.07, 6.45) is 0.0908. The molecular formula is C23H27N3O3S. The lowest BCUT2D eigenvalue weighted by Crippen LogP contribution is -2.35. The highest BCUT2D eigenvalue weighted by Crippen LogP contribution is 2.32. The molecule has 0 bridgehead atoms. The van der Waals surface area contributed by atoms with E-state index < -0.39 is 5.25 Å². The van der Waals surface area contributed by atoms with Crippen LogP contribution in [-0.2, 0) is 14.3 Å². The molecule has 2 aromatic rings. The number of hydrogen-bond donors (Lipinski definition) is 1. The number of rotatable bonds is 7. The molecule has 2 aromatic carbocycles. The Labute approximate surface area is 181 Å². The zero-order valence-corrected chi connectivity index (χ0v) is 18.6. The number of methoxy groups -OCH3 is 1. The number of hydrogen-bond acceptors (Lipinski definition) is 5. The summed E-state index contributed by atoms with van der Waals surface area (Å²) in [6, 6.07) is 13.6. The summed E-state index contributed by atoms with van der Waals surface area (Å²) in [4.78, 5) is 32.0. The summed E-state index contributed by atoms with van der Waals surface area (Å²) in [5.74, 6) is -0.289. The molecule has 1 aliphatic heterocycles. The Morgan fingerprint density at radius 2 is 1.77 bits per heavy atom. The Hall–Kier alpha value is -2.64. The summed E-state index contributed by atoms with van der Waals surface area (Å²) >= 11 is 1.34. The second kappa shape index (κ2) is 9.91. The highest BCUT2D eigenvalue weighted by Gasteiger charge is 2.39. The Balaban J connectivity index is 1.78. The first kappa shape index (κ1) is 22.1. The van der Waals surface area contributed by atoms with Crippen molar-refractivity contribution in [3.63, 3.8) is 0 Å². The van der Waals surface area contributed by atoms with Gasteiger partial charge >= 0.3 is 0 Å². The van der Waals surface area contributed by atoms with E-state index in [1.165, 1.54) is 11.8 Å². The van der Waals surface area contributed by atoms with E-state index in [0.717, 1.165) is 28.1 Å². The van der Waals surface area contributed by atoms with Crippen molar-refractivity contribution in [3.05, 3.63) is 59.2 Å². The maximum atomic E-state index is 13.0. The van der Waals surface area contributed by atoms with Crippen LogP contribution in [-0.4, -0.2) is 47.4 Å². The van der Waals surface area contributed by atoms with Crippen LogP contribution in [0.4, 0.5) is 11.4 Å². The number of aliphatic imine (C=N–C) groups is 1. The van der Waals surface area contributed by atoms with Gasteiger partial charge in [-0.05, 0) is 43.5 Å².